The van der Waals surface area contributed by atoms with Crippen LogP contribution in [0.15, 0.2) is 48.5 Å². The molecule has 8 nitrogen and oxygen atoms in total. The highest BCUT2D eigenvalue weighted by atomic mass is 19.4. The summed E-state index contributed by atoms with van der Waals surface area (Å²) in [5.41, 5.74) is 6.58. The van der Waals surface area contributed by atoms with Crippen molar-refractivity contribution in [3.05, 3.63) is 59.9 Å². The standard InChI is InChI=1S/C22H24F3N7O/c1-33-18-7-5-16(6-8-18)27-21-29-19(28-20(26)30-21)14-31-9-11-32(12-10-31)17-4-2-3-15(13-17)22(23,24)25/h2-8,13H,9-12,14H2,1H3,(H3,26,27,28,29,30). The van der Waals surface area contributed by atoms with Crippen LogP contribution in [0.25, 0.3) is 0 Å². The fraction of sp³-hybridized carbons (Fsp3) is 0.318. The Labute approximate surface area is 189 Å². The van der Waals surface area contributed by atoms with Crippen LogP contribution in [-0.4, -0.2) is 53.1 Å². The molecule has 2 aromatic carbocycles. The first-order valence-electron chi connectivity index (χ1n) is 10.4. The molecular weight excluding hydrogens is 435 g/mol. The number of nitrogens with two attached hydrogens (primary N) is 1. The summed E-state index contributed by atoms with van der Waals surface area (Å²) < 4.78 is 44.2. The maximum absolute atomic E-state index is 13.0. The first-order chi connectivity index (χ1) is 15.8. The number of ether oxygens (including phenoxy) is 1. The van der Waals surface area contributed by atoms with E-state index in [1.54, 1.807) is 13.2 Å². The third-order valence-electron chi connectivity index (χ3n) is 5.32. The summed E-state index contributed by atoms with van der Waals surface area (Å²) in [5.74, 6) is 1.70. The monoisotopic (exact) mass is 459 g/mol. The van der Waals surface area contributed by atoms with Gasteiger partial charge in [-0.15, -0.1) is 0 Å². The molecule has 4 rings (SSSR count). The molecule has 3 aromatic rings. The number of hydrogen-bond donors (Lipinski definition) is 2. The second-order valence-electron chi connectivity index (χ2n) is 7.60. The zero-order valence-corrected chi connectivity index (χ0v) is 18.0. The van der Waals surface area contributed by atoms with E-state index in [4.69, 9.17) is 10.5 Å². The molecular formula is C22H24F3N7O. The van der Waals surface area contributed by atoms with Crippen molar-refractivity contribution in [2.24, 2.45) is 0 Å². The number of aromatic nitrogens is 3. The van der Waals surface area contributed by atoms with Gasteiger partial charge >= 0.3 is 6.18 Å². The van der Waals surface area contributed by atoms with Crippen LogP contribution in [0.2, 0.25) is 0 Å². The van der Waals surface area contributed by atoms with Gasteiger partial charge < -0.3 is 20.7 Å². The van der Waals surface area contributed by atoms with Crippen LogP contribution in [0.5, 0.6) is 5.75 Å². The fourth-order valence-corrected chi connectivity index (χ4v) is 3.61. The molecule has 0 unspecified atom stereocenters. The van der Waals surface area contributed by atoms with Gasteiger partial charge in [-0.25, -0.2) is 0 Å². The Hall–Kier alpha value is -3.60. The maximum Gasteiger partial charge on any atom is 0.416 e. The van der Waals surface area contributed by atoms with Crippen LogP contribution < -0.4 is 20.7 Å². The number of nitrogen functional groups attached to an aromatic ring is 1. The molecule has 1 aromatic heterocycles. The first-order valence-corrected chi connectivity index (χ1v) is 10.4. The van der Waals surface area contributed by atoms with E-state index in [2.05, 4.69) is 25.2 Å². The minimum absolute atomic E-state index is 0.110. The molecule has 0 bridgehead atoms. The molecule has 33 heavy (non-hydrogen) atoms. The topological polar surface area (TPSA) is 92.4 Å². The number of halogens is 3. The Morgan fingerprint density at radius 3 is 2.39 bits per heavy atom. The Morgan fingerprint density at radius 1 is 1.00 bits per heavy atom. The number of nitrogens with one attached hydrogen (secondary N) is 1. The molecule has 0 atom stereocenters. The Bertz CT molecular complexity index is 1080. The molecule has 174 valence electrons. The highest BCUT2D eigenvalue weighted by molar-refractivity contribution is 5.55. The number of nitrogens with zero attached hydrogens (tertiary/aromatic N) is 5. The third-order valence-corrected chi connectivity index (χ3v) is 5.32. The quantitative estimate of drug-likeness (QED) is 0.578. The molecule has 0 spiro atoms. The van der Waals surface area contributed by atoms with E-state index in [9.17, 15) is 13.2 Å². The Balaban J connectivity index is 1.37. The minimum atomic E-state index is -4.35. The van der Waals surface area contributed by atoms with E-state index in [-0.39, 0.29) is 5.95 Å². The molecule has 3 N–H and O–H groups in total. The number of methoxy groups -OCH3 is 1. The zero-order chi connectivity index (χ0) is 23.4. The number of piperazine rings is 1. The summed E-state index contributed by atoms with van der Waals surface area (Å²) in [4.78, 5) is 16.9. The van der Waals surface area contributed by atoms with Crippen molar-refractivity contribution in [2.75, 3.05) is 49.2 Å². The predicted octanol–water partition coefficient (Wildman–Crippen LogP) is 3.55. The average Bonchev–Trinajstić information content (AvgIpc) is 2.79. The lowest BCUT2D eigenvalue weighted by Crippen LogP contribution is -2.46. The first kappa shape index (κ1) is 22.6. The number of rotatable bonds is 6. The van der Waals surface area contributed by atoms with Crippen molar-refractivity contribution in [1.82, 2.24) is 19.9 Å². The van der Waals surface area contributed by atoms with Crippen LogP contribution in [0.4, 0.5) is 36.4 Å². The second kappa shape index (κ2) is 9.49. The summed E-state index contributed by atoms with van der Waals surface area (Å²) >= 11 is 0. The van der Waals surface area contributed by atoms with Gasteiger partial charge in [0.2, 0.25) is 11.9 Å². The highest BCUT2D eigenvalue weighted by Crippen LogP contribution is 2.32. The SMILES string of the molecule is COc1ccc(Nc2nc(N)nc(CN3CCN(c4cccc(C(F)(F)F)c4)CC3)n2)cc1. The smallest absolute Gasteiger partial charge is 0.416 e. The molecule has 1 aliphatic rings. The second-order valence-corrected chi connectivity index (χ2v) is 7.60. The van der Waals surface area contributed by atoms with E-state index >= 15 is 0 Å². The van der Waals surface area contributed by atoms with E-state index < -0.39 is 11.7 Å². The van der Waals surface area contributed by atoms with Crippen molar-refractivity contribution in [2.45, 2.75) is 12.7 Å². The van der Waals surface area contributed by atoms with E-state index in [0.717, 1.165) is 17.5 Å². The molecule has 0 radical (unpaired) electrons. The number of anilines is 4. The summed E-state index contributed by atoms with van der Waals surface area (Å²) in [6.45, 7) is 2.96. The van der Waals surface area contributed by atoms with Gasteiger partial charge in [0.05, 0.1) is 19.2 Å². The van der Waals surface area contributed by atoms with Crippen molar-refractivity contribution < 1.29 is 17.9 Å². The third kappa shape index (κ3) is 5.80. The van der Waals surface area contributed by atoms with E-state index in [1.165, 1.54) is 12.1 Å². The lowest BCUT2D eigenvalue weighted by Gasteiger charge is -2.36. The molecule has 1 fully saturated rings. The van der Waals surface area contributed by atoms with Gasteiger partial charge in [0.15, 0.2) is 0 Å². The zero-order valence-electron chi connectivity index (χ0n) is 18.0. The lowest BCUT2D eigenvalue weighted by molar-refractivity contribution is -0.137. The lowest BCUT2D eigenvalue weighted by atomic mass is 10.1. The van der Waals surface area contributed by atoms with Crippen LogP contribution >= 0.6 is 0 Å². The summed E-state index contributed by atoms with van der Waals surface area (Å²) in [7, 11) is 1.60. The minimum Gasteiger partial charge on any atom is -0.497 e. The van der Waals surface area contributed by atoms with Crippen LogP contribution in [0, 0.1) is 0 Å². The molecule has 1 saturated heterocycles. The highest BCUT2D eigenvalue weighted by Gasteiger charge is 2.31. The molecule has 2 heterocycles. The molecule has 0 amide bonds. The van der Waals surface area contributed by atoms with Crippen LogP contribution in [0.1, 0.15) is 11.4 Å². The van der Waals surface area contributed by atoms with Gasteiger partial charge in [0.25, 0.3) is 0 Å². The summed E-state index contributed by atoms with van der Waals surface area (Å²) in [6, 6.07) is 12.7. The molecule has 0 aliphatic carbocycles. The van der Waals surface area contributed by atoms with E-state index in [1.807, 2.05) is 29.2 Å². The number of hydrogen-bond acceptors (Lipinski definition) is 8. The maximum atomic E-state index is 13.0. The number of benzene rings is 2. The van der Waals surface area contributed by atoms with Crippen LogP contribution in [0.3, 0.4) is 0 Å². The summed E-state index contributed by atoms with van der Waals surface area (Å²) in [6.07, 6.45) is -4.35. The van der Waals surface area contributed by atoms with Gasteiger partial charge in [0.1, 0.15) is 11.6 Å². The summed E-state index contributed by atoms with van der Waals surface area (Å²) in [5, 5.41) is 3.10. The molecule has 11 heteroatoms. The van der Waals surface area contributed by atoms with Crippen molar-refractivity contribution >= 4 is 23.3 Å². The van der Waals surface area contributed by atoms with Gasteiger partial charge in [-0.3, -0.25) is 4.90 Å². The van der Waals surface area contributed by atoms with Gasteiger partial charge in [-0.1, -0.05) is 6.07 Å². The van der Waals surface area contributed by atoms with Crippen molar-refractivity contribution in [3.63, 3.8) is 0 Å². The molecule has 1 aliphatic heterocycles. The van der Waals surface area contributed by atoms with Crippen LogP contribution in [-0.2, 0) is 12.7 Å². The predicted molar refractivity (Wildman–Crippen MR) is 119 cm³/mol. The van der Waals surface area contributed by atoms with Crippen molar-refractivity contribution in [3.8, 4) is 5.75 Å². The van der Waals surface area contributed by atoms with E-state index in [0.29, 0.717) is 50.2 Å². The average molecular weight is 459 g/mol. The van der Waals surface area contributed by atoms with Gasteiger partial charge in [-0.05, 0) is 42.5 Å². The Kier molecular flexibility index (Phi) is 6.50. The molecule has 0 saturated carbocycles. The Morgan fingerprint density at radius 2 is 1.73 bits per heavy atom. The normalized spacial score (nSPS) is 14.8. The van der Waals surface area contributed by atoms with Gasteiger partial charge in [-0.2, -0.15) is 28.1 Å². The number of alkyl halides is 3. The van der Waals surface area contributed by atoms with Gasteiger partial charge in [0, 0.05) is 37.6 Å². The van der Waals surface area contributed by atoms with Crippen molar-refractivity contribution in [1.29, 1.82) is 0 Å². The largest absolute Gasteiger partial charge is 0.497 e. The fourth-order valence-electron chi connectivity index (χ4n) is 3.61.